The van der Waals surface area contributed by atoms with Crippen molar-refractivity contribution in [2.24, 2.45) is 0 Å². The molecule has 1 aliphatic heterocycles. The highest BCUT2D eigenvalue weighted by Crippen LogP contribution is 2.19. The molecule has 0 saturated carbocycles. The first-order valence-electron chi connectivity index (χ1n) is 5.95. The topological polar surface area (TPSA) is 12.5 Å². The molecular weight excluding hydrogens is 210 g/mol. The maximum absolute atomic E-state index is 5.93. The highest BCUT2D eigenvalue weighted by Gasteiger charge is 2.22. The molecule has 0 aromatic rings. The van der Waals surface area contributed by atoms with Gasteiger partial charge in [0.1, 0.15) is 0 Å². The van der Waals surface area contributed by atoms with E-state index in [2.05, 4.69) is 25.8 Å². The van der Waals surface area contributed by atoms with Crippen LogP contribution >= 0.6 is 11.6 Å². The number of halogens is 1. The molecule has 15 heavy (non-hydrogen) atoms. The van der Waals surface area contributed by atoms with Crippen LogP contribution in [0.1, 0.15) is 39.5 Å². The molecule has 0 radical (unpaired) electrons. The van der Waals surface area contributed by atoms with E-state index in [1.54, 1.807) is 0 Å². The molecule has 1 fully saturated rings. The van der Waals surface area contributed by atoms with Crippen molar-refractivity contribution < 1.29 is 4.74 Å². The number of rotatable bonds is 6. The molecule has 0 bridgehead atoms. The fourth-order valence-electron chi connectivity index (χ4n) is 1.83. The Kier molecular flexibility index (Phi) is 5.37. The molecule has 1 rings (SSSR count). The number of alkyl halides is 1. The van der Waals surface area contributed by atoms with Crippen molar-refractivity contribution in [3.8, 4) is 0 Å². The summed E-state index contributed by atoms with van der Waals surface area (Å²) in [6.07, 6.45) is 5.43. The van der Waals surface area contributed by atoms with Crippen LogP contribution < -0.4 is 0 Å². The third-order valence-electron chi connectivity index (χ3n) is 3.40. The average Bonchev–Trinajstić information content (AvgIpc) is 2.70. The van der Waals surface area contributed by atoms with Crippen molar-refractivity contribution >= 4 is 11.6 Å². The summed E-state index contributed by atoms with van der Waals surface area (Å²) in [6, 6.07) is 0. The Hall–Kier alpha value is 0.210. The van der Waals surface area contributed by atoms with Gasteiger partial charge in [-0.05, 0) is 53.1 Å². The molecule has 1 heterocycles. The van der Waals surface area contributed by atoms with Crippen LogP contribution in [-0.2, 0) is 4.74 Å². The number of ether oxygens (including phenoxy) is 1. The molecule has 1 atom stereocenters. The lowest BCUT2D eigenvalue weighted by Gasteiger charge is -2.34. The predicted molar refractivity (Wildman–Crippen MR) is 65.6 cm³/mol. The highest BCUT2D eigenvalue weighted by atomic mass is 35.5. The highest BCUT2D eigenvalue weighted by molar-refractivity contribution is 6.18. The molecule has 1 unspecified atom stereocenters. The predicted octanol–water partition coefficient (Wildman–Crippen LogP) is 2.89. The van der Waals surface area contributed by atoms with Crippen LogP contribution in [0.4, 0.5) is 0 Å². The molecule has 0 aromatic heterocycles. The van der Waals surface area contributed by atoms with Gasteiger partial charge >= 0.3 is 0 Å². The van der Waals surface area contributed by atoms with Crippen LogP contribution in [0, 0.1) is 0 Å². The minimum absolute atomic E-state index is 0.109. The number of hydrogen-bond acceptors (Lipinski definition) is 2. The van der Waals surface area contributed by atoms with Gasteiger partial charge in [-0.25, -0.2) is 0 Å². The fraction of sp³-hybridized carbons (Fsp3) is 1.00. The number of hydrogen-bond donors (Lipinski definition) is 0. The molecule has 90 valence electrons. The minimum Gasteiger partial charge on any atom is -0.378 e. The van der Waals surface area contributed by atoms with E-state index < -0.39 is 0 Å². The van der Waals surface area contributed by atoms with E-state index in [0.717, 1.165) is 13.2 Å². The maximum atomic E-state index is 5.93. The minimum atomic E-state index is 0.109. The van der Waals surface area contributed by atoms with E-state index in [9.17, 15) is 0 Å². The average molecular weight is 234 g/mol. The van der Waals surface area contributed by atoms with Gasteiger partial charge in [0.2, 0.25) is 0 Å². The van der Waals surface area contributed by atoms with Crippen LogP contribution in [0.5, 0.6) is 0 Å². The first kappa shape index (κ1) is 13.3. The zero-order valence-electron chi connectivity index (χ0n) is 10.3. The van der Waals surface area contributed by atoms with Crippen LogP contribution in [0.2, 0.25) is 0 Å². The van der Waals surface area contributed by atoms with Crippen molar-refractivity contribution in [2.45, 2.75) is 51.2 Å². The van der Waals surface area contributed by atoms with Crippen molar-refractivity contribution in [3.63, 3.8) is 0 Å². The molecular formula is C12H24ClNO. The summed E-state index contributed by atoms with van der Waals surface area (Å²) in [6.45, 7) is 6.45. The summed E-state index contributed by atoms with van der Waals surface area (Å²) < 4.78 is 5.60. The normalized spacial score (nSPS) is 22.6. The molecule has 1 aliphatic rings. The smallest absolute Gasteiger partial charge is 0.0576 e. The Labute approximate surface area is 98.9 Å². The molecule has 0 spiro atoms. The van der Waals surface area contributed by atoms with E-state index in [4.69, 9.17) is 16.3 Å². The van der Waals surface area contributed by atoms with Crippen LogP contribution in [0.3, 0.4) is 0 Å². The zero-order valence-corrected chi connectivity index (χ0v) is 11.0. The van der Waals surface area contributed by atoms with E-state index >= 15 is 0 Å². The zero-order chi connectivity index (χ0) is 11.3. The van der Waals surface area contributed by atoms with Gasteiger partial charge in [-0.15, -0.1) is 11.6 Å². The molecule has 3 heteroatoms. The SMILES string of the molecule is CN(CCCC1CCCO1)C(C)(C)CCl. The largest absolute Gasteiger partial charge is 0.378 e. The second-order valence-corrected chi connectivity index (χ2v) is 5.41. The van der Waals surface area contributed by atoms with Gasteiger partial charge in [0.05, 0.1) is 6.10 Å². The van der Waals surface area contributed by atoms with E-state index in [-0.39, 0.29) is 5.54 Å². The van der Waals surface area contributed by atoms with Crippen LogP contribution in [0.25, 0.3) is 0 Å². The lowest BCUT2D eigenvalue weighted by Crippen LogP contribution is -2.43. The summed E-state index contributed by atoms with van der Waals surface area (Å²) in [5, 5.41) is 0. The van der Waals surface area contributed by atoms with Crippen molar-refractivity contribution in [2.75, 3.05) is 26.1 Å². The molecule has 1 saturated heterocycles. The second-order valence-electron chi connectivity index (χ2n) is 5.14. The first-order valence-corrected chi connectivity index (χ1v) is 6.48. The van der Waals surface area contributed by atoms with Crippen LogP contribution in [0.15, 0.2) is 0 Å². The Morgan fingerprint density at radius 3 is 2.73 bits per heavy atom. The van der Waals surface area contributed by atoms with Crippen molar-refractivity contribution in [1.82, 2.24) is 4.90 Å². The van der Waals surface area contributed by atoms with Gasteiger partial charge in [-0.1, -0.05) is 0 Å². The van der Waals surface area contributed by atoms with Crippen LogP contribution in [-0.4, -0.2) is 42.6 Å². The van der Waals surface area contributed by atoms with Gasteiger partial charge in [0, 0.05) is 18.0 Å². The Morgan fingerprint density at radius 1 is 1.47 bits per heavy atom. The van der Waals surface area contributed by atoms with Gasteiger partial charge in [0.25, 0.3) is 0 Å². The standard InChI is InChI=1S/C12H24ClNO/c1-12(2,10-13)14(3)8-4-6-11-7-5-9-15-11/h11H,4-10H2,1-3H3. The van der Waals surface area contributed by atoms with Crippen molar-refractivity contribution in [1.29, 1.82) is 0 Å². The molecule has 0 aliphatic carbocycles. The first-order chi connectivity index (χ1) is 7.06. The second kappa shape index (κ2) is 6.07. The van der Waals surface area contributed by atoms with E-state index in [1.807, 2.05) is 0 Å². The lowest BCUT2D eigenvalue weighted by molar-refractivity contribution is 0.0944. The summed E-state index contributed by atoms with van der Waals surface area (Å²) in [4.78, 5) is 2.34. The quantitative estimate of drug-likeness (QED) is 0.655. The molecule has 0 aromatic carbocycles. The monoisotopic (exact) mass is 233 g/mol. The molecule has 0 N–H and O–H groups in total. The Balaban J connectivity index is 2.13. The molecule has 2 nitrogen and oxygen atoms in total. The van der Waals surface area contributed by atoms with E-state index in [1.165, 1.54) is 25.7 Å². The lowest BCUT2D eigenvalue weighted by atomic mass is 10.1. The summed E-state index contributed by atoms with van der Waals surface area (Å²) in [5.74, 6) is 0.684. The van der Waals surface area contributed by atoms with Gasteiger partial charge in [0.15, 0.2) is 0 Å². The fourth-order valence-corrected chi connectivity index (χ4v) is 2.04. The van der Waals surface area contributed by atoms with Gasteiger partial charge in [-0.2, -0.15) is 0 Å². The van der Waals surface area contributed by atoms with Gasteiger partial charge in [-0.3, -0.25) is 0 Å². The third-order valence-corrected chi connectivity index (χ3v) is 4.06. The van der Waals surface area contributed by atoms with E-state index in [0.29, 0.717) is 12.0 Å². The third kappa shape index (κ3) is 4.29. The molecule has 0 amide bonds. The Bertz CT molecular complexity index is 178. The maximum Gasteiger partial charge on any atom is 0.0576 e. The summed E-state index contributed by atoms with van der Waals surface area (Å²) in [5.41, 5.74) is 0.109. The summed E-state index contributed by atoms with van der Waals surface area (Å²) in [7, 11) is 2.15. The number of nitrogens with zero attached hydrogens (tertiary/aromatic N) is 1. The summed E-state index contributed by atoms with van der Waals surface area (Å²) >= 11 is 5.93. The van der Waals surface area contributed by atoms with Gasteiger partial charge < -0.3 is 9.64 Å². The Morgan fingerprint density at radius 2 is 2.20 bits per heavy atom. The van der Waals surface area contributed by atoms with Crippen molar-refractivity contribution in [3.05, 3.63) is 0 Å².